The van der Waals surface area contributed by atoms with Crippen molar-refractivity contribution in [2.24, 2.45) is 7.05 Å². The molecule has 1 unspecified atom stereocenters. The summed E-state index contributed by atoms with van der Waals surface area (Å²) in [5, 5.41) is 11.3. The average molecular weight is 489 g/mol. The summed E-state index contributed by atoms with van der Waals surface area (Å²) in [4.78, 5) is 15.8. The molecule has 2 saturated heterocycles. The number of alkyl halides is 3. The molecular weight excluding hydrogens is 461 g/mol. The highest BCUT2D eigenvalue weighted by Gasteiger charge is 2.31. The van der Waals surface area contributed by atoms with Crippen molar-refractivity contribution in [2.75, 3.05) is 36.5 Å². The van der Waals surface area contributed by atoms with E-state index in [1.807, 2.05) is 17.7 Å². The molecule has 0 saturated carbocycles. The first-order valence-electron chi connectivity index (χ1n) is 11.7. The normalized spacial score (nSPS) is 19.7. The first kappa shape index (κ1) is 23.5. The van der Waals surface area contributed by atoms with Gasteiger partial charge in [-0.3, -0.25) is 0 Å². The fourth-order valence-corrected chi connectivity index (χ4v) is 4.70. The molecule has 2 fully saturated rings. The van der Waals surface area contributed by atoms with Gasteiger partial charge in [0, 0.05) is 57.4 Å². The molecule has 9 nitrogen and oxygen atoms in total. The molecule has 186 valence electrons. The second kappa shape index (κ2) is 9.76. The van der Waals surface area contributed by atoms with Gasteiger partial charge in [0.15, 0.2) is 0 Å². The number of hydrogen-bond donors (Lipinski definition) is 1. The first-order chi connectivity index (χ1) is 16.9. The highest BCUT2D eigenvalue weighted by atomic mass is 19.4. The van der Waals surface area contributed by atoms with Crippen LogP contribution in [0.15, 0.2) is 30.7 Å². The second-order valence-electron chi connectivity index (χ2n) is 9.00. The van der Waals surface area contributed by atoms with Gasteiger partial charge in [-0.15, -0.1) is 10.2 Å². The van der Waals surface area contributed by atoms with Crippen LogP contribution in [-0.2, 0) is 18.0 Å². The molecule has 0 aliphatic carbocycles. The van der Waals surface area contributed by atoms with Gasteiger partial charge >= 0.3 is 6.18 Å². The third kappa shape index (κ3) is 5.37. The van der Waals surface area contributed by atoms with Gasteiger partial charge in [-0.25, -0.2) is 9.97 Å². The monoisotopic (exact) mass is 488 g/mol. The molecule has 0 spiro atoms. The zero-order chi connectivity index (χ0) is 24.4. The third-order valence-corrected chi connectivity index (χ3v) is 6.53. The van der Waals surface area contributed by atoms with Crippen LogP contribution >= 0.6 is 0 Å². The van der Waals surface area contributed by atoms with Gasteiger partial charge in [-0.2, -0.15) is 18.2 Å². The number of ether oxygens (including phenoxy) is 1. The zero-order valence-electron chi connectivity index (χ0n) is 19.4. The number of aromatic nitrogens is 6. The van der Waals surface area contributed by atoms with Crippen molar-refractivity contribution in [3.63, 3.8) is 0 Å². The van der Waals surface area contributed by atoms with Crippen LogP contribution in [0.5, 0.6) is 0 Å². The summed E-state index contributed by atoms with van der Waals surface area (Å²) in [6.45, 7) is 2.78. The summed E-state index contributed by atoms with van der Waals surface area (Å²) in [6, 6.07) is 3.75. The van der Waals surface area contributed by atoms with E-state index in [9.17, 15) is 13.2 Å². The van der Waals surface area contributed by atoms with Crippen LogP contribution in [0.2, 0.25) is 0 Å². The SMILES string of the molecule is Cn1cnnc1C1CCCN(c2nc(Nc3cc(C(F)(F)F)ccn3)cc(C3CCOCC3)n2)C1. The minimum atomic E-state index is -4.45. The zero-order valence-corrected chi connectivity index (χ0v) is 19.4. The van der Waals surface area contributed by atoms with Crippen LogP contribution in [0.1, 0.15) is 54.6 Å². The number of nitrogens with zero attached hydrogens (tertiary/aromatic N) is 7. The number of halogens is 3. The molecule has 3 aromatic heterocycles. The molecule has 3 aromatic rings. The van der Waals surface area contributed by atoms with Crippen LogP contribution in [0.4, 0.5) is 30.8 Å². The highest BCUT2D eigenvalue weighted by molar-refractivity contribution is 5.55. The fraction of sp³-hybridized carbons (Fsp3) is 0.522. The molecule has 12 heteroatoms. The van der Waals surface area contributed by atoms with Crippen LogP contribution in [0.25, 0.3) is 0 Å². The van der Waals surface area contributed by atoms with Crippen LogP contribution in [0, 0.1) is 0 Å². The van der Waals surface area contributed by atoms with E-state index in [2.05, 4.69) is 30.4 Å². The van der Waals surface area contributed by atoms with Crippen LogP contribution in [0.3, 0.4) is 0 Å². The Morgan fingerprint density at radius 2 is 1.89 bits per heavy atom. The summed E-state index contributed by atoms with van der Waals surface area (Å²) < 4.78 is 47.0. The van der Waals surface area contributed by atoms with E-state index >= 15 is 0 Å². The Morgan fingerprint density at radius 1 is 1.06 bits per heavy atom. The van der Waals surface area contributed by atoms with E-state index in [1.165, 1.54) is 0 Å². The van der Waals surface area contributed by atoms with Crippen LogP contribution in [-0.4, -0.2) is 56.0 Å². The molecule has 35 heavy (non-hydrogen) atoms. The van der Waals surface area contributed by atoms with Crippen molar-refractivity contribution in [1.29, 1.82) is 0 Å². The van der Waals surface area contributed by atoms with Crippen molar-refractivity contribution < 1.29 is 17.9 Å². The number of nitrogens with one attached hydrogen (secondary N) is 1. The Hall–Kier alpha value is -3.28. The molecule has 0 radical (unpaired) electrons. The summed E-state index contributed by atoms with van der Waals surface area (Å²) in [5.74, 6) is 2.35. The molecular formula is C23H27F3N8O. The van der Waals surface area contributed by atoms with Gasteiger partial charge in [0.2, 0.25) is 5.95 Å². The molecule has 0 aromatic carbocycles. The number of hydrogen-bond acceptors (Lipinski definition) is 8. The number of pyridine rings is 1. The summed E-state index contributed by atoms with van der Waals surface area (Å²) in [7, 11) is 1.93. The van der Waals surface area contributed by atoms with Crippen LogP contribution < -0.4 is 10.2 Å². The van der Waals surface area contributed by atoms with Crippen molar-refractivity contribution in [2.45, 2.75) is 43.7 Å². The molecule has 1 N–H and O–H groups in total. The minimum absolute atomic E-state index is 0.0815. The number of piperidine rings is 1. The number of rotatable bonds is 5. The second-order valence-corrected chi connectivity index (χ2v) is 9.00. The van der Waals surface area contributed by atoms with E-state index in [-0.39, 0.29) is 17.7 Å². The molecule has 5 rings (SSSR count). The lowest BCUT2D eigenvalue weighted by atomic mass is 9.96. The van der Waals surface area contributed by atoms with Gasteiger partial charge in [-0.05, 0) is 37.8 Å². The summed E-state index contributed by atoms with van der Waals surface area (Å²) >= 11 is 0. The molecule has 5 heterocycles. The van der Waals surface area contributed by atoms with E-state index in [0.717, 1.165) is 62.1 Å². The molecule has 1 atom stereocenters. The van der Waals surface area contributed by atoms with E-state index < -0.39 is 11.7 Å². The Kier molecular flexibility index (Phi) is 6.54. The quantitative estimate of drug-likeness (QED) is 0.575. The third-order valence-electron chi connectivity index (χ3n) is 6.53. The maximum absolute atomic E-state index is 13.2. The lowest BCUT2D eigenvalue weighted by Gasteiger charge is -2.33. The standard InChI is InChI=1S/C23H27F3N8O/c1-33-14-28-32-21(33)16-3-2-8-34(13-16)22-29-18(15-5-9-35-10-6-15)12-20(31-22)30-19-11-17(4-7-27-19)23(24,25)26/h4,7,11-12,14-16H,2-3,5-6,8-10,13H2,1H3,(H,27,29,30,31). The predicted molar refractivity (Wildman–Crippen MR) is 123 cm³/mol. The Bertz CT molecular complexity index is 1160. The molecule has 0 bridgehead atoms. The fourth-order valence-electron chi connectivity index (χ4n) is 4.70. The maximum atomic E-state index is 13.2. The first-order valence-corrected chi connectivity index (χ1v) is 11.7. The maximum Gasteiger partial charge on any atom is 0.416 e. The molecule has 2 aliphatic heterocycles. The van der Waals surface area contributed by atoms with E-state index in [4.69, 9.17) is 9.72 Å². The summed E-state index contributed by atoms with van der Waals surface area (Å²) in [6.07, 6.45) is 1.98. The Balaban J connectivity index is 1.45. The van der Waals surface area contributed by atoms with Crippen molar-refractivity contribution in [3.8, 4) is 0 Å². The molecule has 0 amide bonds. The highest BCUT2D eigenvalue weighted by Crippen LogP contribution is 2.33. The van der Waals surface area contributed by atoms with Crippen molar-refractivity contribution in [3.05, 3.63) is 47.8 Å². The number of anilines is 3. The predicted octanol–water partition coefficient (Wildman–Crippen LogP) is 4.04. The lowest BCUT2D eigenvalue weighted by Crippen LogP contribution is -2.36. The molecule has 2 aliphatic rings. The van der Waals surface area contributed by atoms with Gasteiger partial charge < -0.3 is 19.5 Å². The smallest absolute Gasteiger partial charge is 0.381 e. The topological polar surface area (TPSA) is 93.9 Å². The Morgan fingerprint density at radius 3 is 2.63 bits per heavy atom. The number of aryl methyl sites for hydroxylation is 1. The lowest BCUT2D eigenvalue weighted by molar-refractivity contribution is -0.137. The minimum Gasteiger partial charge on any atom is -0.381 e. The summed E-state index contributed by atoms with van der Waals surface area (Å²) in [5.41, 5.74) is 0.0880. The van der Waals surface area contributed by atoms with Gasteiger partial charge in [0.05, 0.1) is 11.3 Å². The van der Waals surface area contributed by atoms with E-state index in [0.29, 0.717) is 31.5 Å². The van der Waals surface area contributed by atoms with Crippen molar-refractivity contribution >= 4 is 17.6 Å². The largest absolute Gasteiger partial charge is 0.416 e. The average Bonchev–Trinajstić information content (AvgIpc) is 3.30. The van der Waals surface area contributed by atoms with E-state index in [1.54, 1.807) is 6.33 Å². The van der Waals surface area contributed by atoms with Gasteiger partial charge in [-0.1, -0.05) is 0 Å². The van der Waals surface area contributed by atoms with Gasteiger partial charge in [0.25, 0.3) is 0 Å². The van der Waals surface area contributed by atoms with Crippen molar-refractivity contribution in [1.82, 2.24) is 29.7 Å². The Labute approximate surface area is 200 Å². The van der Waals surface area contributed by atoms with Gasteiger partial charge in [0.1, 0.15) is 23.8 Å².